The molecule has 0 aliphatic carbocycles. The Morgan fingerprint density at radius 3 is 2.50 bits per heavy atom. The van der Waals surface area contributed by atoms with Gasteiger partial charge in [0, 0.05) is 18.6 Å². The molecule has 2 rings (SSSR count). The van der Waals surface area contributed by atoms with Gasteiger partial charge in [0.2, 0.25) is 0 Å². The van der Waals surface area contributed by atoms with E-state index in [1.54, 1.807) is 0 Å². The van der Waals surface area contributed by atoms with Crippen LogP contribution in [0.15, 0.2) is 18.2 Å². The number of nitrogens with zero attached hydrogens (tertiary/aromatic N) is 1. The van der Waals surface area contributed by atoms with Crippen molar-refractivity contribution >= 4 is 0 Å². The molecule has 1 saturated heterocycles. The first kappa shape index (κ1) is 13.6. The third kappa shape index (κ3) is 2.76. The van der Waals surface area contributed by atoms with E-state index in [2.05, 4.69) is 50.8 Å². The molecule has 2 N–H and O–H groups in total. The van der Waals surface area contributed by atoms with Gasteiger partial charge in [-0.15, -0.1) is 0 Å². The fourth-order valence-corrected chi connectivity index (χ4v) is 2.83. The smallest absolute Gasteiger partial charge is 0.0320 e. The molecule has 0 bridgehead atoms. The van der Waals surface area contributed by atoms with Gasteiger partial charge in [0.25, 0.3) is 0 Å². The molecule has 0 saturated carbocycles. The summed E-state index contributed by atoms with van der Waals surface area (Å²) in [5, 5.41) is 0. The summed E-state index contributed by atoms with van der Waals surface area (Å²) in [5.41, 5.74) is 10.2. The van der Waals surface area contributed by atoms with Crippen LogP contribution >= 0.6 is 0 Å². The molecule has 0 spiro atoms. The minimum absolute atomic E-state index is 0.321. The monoisotopic (exact) mass is 246 g/mol. The average Bonchev–Trinajstić information content (AvgIpc) is 2.81. The van der Waals surface area contributed by atoms with Crippen molar-refractivity contribution < 1.29 is 0 Å². The molecule has 0 amide bonds. The zero-order chi connectivity index (χ0) is 13.3. The van der Waals surface area contributed by atoms with Crippen LogP contribution in [0, 0.1) is 19.8 Å². The van der Waals surface area contributed by atoms with Gasteiger partial charge in [-0.25, -0.2) is 0 Å². The molecule has 100 valence electrons. The van der Waals surface area contributed by atoms with E-state index in [9.17, 15) is 0 Å². The predicted molar refractivity (Wildman–Crippen MR) is 77.7 cm³/mol. The van der Waals surface area contributed by atoms with E-state index in [4.69, 9.17) is 5.73 Å². The third-order valence-corrected chi connectivity index (χ3v) is 4.56. The molecule has 1 aromatic carbocycles. The number of aryl methyl sites for hydroxylation is 2. The molecule has 1 aromatic rings. The number of rotatable bonds is 3. The van der Waals surface area contributed by atoms with Gasteiger partial charge >= 0.3 is 0 Å². The van der Waals surface area contributed by atoms with Crippen LogP contribution in [0.5, 0.6) is 0 Å². The summed E-state index contributed by atoms with van der Waals surface area (Å²) >= 11 is 0. The van der Waals surface area contributed by atoms with Crippen LogP contribution in [-0.4, -0.2) is 24.0 Å². The van der Waals surface area contributed by atoms with Crippen LogP contribution < -0.4 is 5.73 Å². The minimum atomic E-state index is 0.321. The van der Waals surface area contributed by atoms with Gasteiger partial charge in [0.15, 0.2) is 0 Å². The van der Waals surface area contributed by atoms with Crippen LogP contribution in [-0.2, 0) is 0 Å². The molecule has 1 heterocycles. The second kappa shape index (κ2) is 5.41. The maximum atomic E-state index is 6.02. The number of likely N-dealkylation sites (tertiary alicyclic amines) is 1. The highest BCUT2D eigenvalue weighted by atomic mass is 15.2. The fraction of sp³-hybridized carbons (Fsp3) is 0.625. The molecule has 2 nitrogen and oxygen atoms in total. The van der Waals surface area contributed by atoms with Crippen molar-refractivity contribution in [2.24, 2.45) is 11.7 Å². The highest BCUT2D eigenvalue weighted by Gasteiger charge is 2.28. The predicted octanol–water partition coefficient (Wildman–Crippen LogP) is 3.03. The summed E-state index contributed by atoms with van der Waals surface area (Å²) in [6.07, 6.45) is 1.24. The zero-order valence-corrected chi connectivity index (χ0v) is 12.1. The van der Waals surface area contributed by atoms with Crippen molar-refractivity contribution in [1.82, 2.24) is 4.90 Å². The van der Waals surface area contributed by atoms with Crippen LogP contribution in [0.2, 0.25) is 0 Å². The highest BCUT2D eigenvalue weighted by Crippen LogP contribution is 2.29. The van der Waals surface area contributed by atoms with Gasteiger partial charge in [-0.2, -0.15) is 0 Å². The number of hydrogen-bond acceptors (Lipinski definition) is 2. The van der Waals surface area contributed by atoms with E-state index < -0.39 is 0 Å². The summed E-state index contributed by atoms with van der Waals surface area (Å²) in [4.78, 5) is 2.57. The van der Waals surface area contributed by atoms with Crippen molar-refractivity contribution in [3.63, 3.8) is 0 Å². The quantitative estimate of drug-likeness (QED) is 0.888. The Labute approximate surface area is 111 Å². The molecule has 1 fully saturated rings. The Morgan fingerprint density at radius 1 is 1.22 bits per heavy atom. The lowest BCUT2D eigenvalue weighted by Crippen LogP contribution is -2.31. The van der Waals surface area contributed by atoms with Gasteiger partial charge in [-0.3, -0.25) is 4.90 Å². The standard InChI is InChI=1S/C16H26N2/c1-11-5-6-15(9-12(11)2)14(4)18-8-7-16(10-18)13(3)17/h5-6,9,13-14,16H,7-8,10,17H2,1-4H3. The van der Waals surface area contributed by atoms with Crippen LogP contribution in [0.3, 0.4) is 0 Å². The number of benzene rings is 1. The molecule has 0 aromatic heterocycles. The van der Waals surface area contributed by atoms with Crippen LogP contribution in [0.1, 0.15) is 43.0 Å². The number of hydrogen-bond donors (Lipinski definition) is 1. The molecule has 1 aliphatic heterocycles. The van der Waals surface area contributed by atoms with E-state index in [1.807, 2.05) is 0 Å². The van der Waals surface area contributed by atoms with Crippen molar-refractivity contribution in [1.29, 1.82) is 0 Å². The average molecular weight is 246 g/mol. The lowest BCUT2D eigenvalue weighted by molar-refractivity contribution is 0.248. The maximum Gasteiger partial charge on any atom is 0.0320 e. The van der Waals surface area contributed by atoms with Crippen LogP contribution in [0.25, 0.3) is 0 Å². The van der Waals surface area contributed by atoms with Gasteiger partial charge in [-0.1, -0.05) is 18.2 Å². The first-order valence-corrected chi connectivity index (χ1v) is 7.06. The maximum absolute atomic E-state index is 6.02. The van der Waals surface area contributed by atoms with Crippen molar-refractivity contribution in [3.8, 4) is 0 Å². The SMILES string of the molecule is Cc1ccc(C(C)N2CCC(C(C)N)C2)cc1C. The lowest BCUT2D eigenvalue weighted by Gasteiger charge is -2.26. The Kier molecular flexibility index (Phi) is 4.08. The summed E-state index contributed by atoms with van der Waals surface area (Å²) in [5.74, 6) is 0.666. The first-order valence-electron chi connectivity index (χ1n) is 7.06. The number of nitrogens with two attached hydrogens (primary N) is 1. The Bertz CT molecular complexity index is 412. The largest absolute Gasteiger partial charge is 0.328 e. The summed E-state index contributed by atoms with van der Waals surface area (Å²) in [6, 6.07) is 7.67. The van der Waals surface area contributed by atoms with E-state index in [1.165, 1.54) is 29.7 Å². The molecule has 18 heavy (non-hydrogen) atoms. The topological polar surface area (TPSA) is 29.3 Å². The van der Waals surface area contributed by atoms with E-state index in [0.29, 0.717) is 18.0 Å². The minimum Gasteiger partial charge on any atom is -0.328 e. The molecule has 3 atom stereocenters. The van der Waals surface area contributed by atoms with Gasteiger partial charge in [0.05, 0.1) is 0 Å². The summed E-state index contributed by atoms with van der Waals surface area (Å²) in [6.45, 7) is 11.1. The Hall–Kier alpha value is -0.860. The van der Waals surface area contributed by atoms with Gasteiger partial charge in [0.1, 0.15) is 0 Å². The van der Waals surface area contributed by atoms with Crippen LogP contribution in [0.4, 0.5) is 0 Å². The third-order valence-electron chi connectivity index (χ3n) is 4.56. The zero-order valence-electron chi connectivity index (χ0n) is 12.1. The normalized spacial score (nSPS) is 24.2. The van der Waals surface area contributed by atoms with E-state index >= 15 is 0 Å². The summed E-state index contributed by atoms with van der Waals surface area (Å²) in [7, 11) is 0. The van der Waals surface area contributed by atoms with Crippen molar-refractivity contribution in [2.75, 3.05) is 13.1 Å². The van der Waals surface area contributed by atoms with E-state index in [-0.39, 0.29) is 0 Å². The molecular formula is C16H26N2. The van der Waals surface area contributed by atoms with Crippen molar-refractivity contribution in [3.05, 3.63) is 34.9 Å². The second-order valence-electron chi connectivity index (χ2n) is 5.92. The molecule has 0 radical (unpaired) electrons. The van der Waals surface area contributed by atoms with Gasteiger partial charge < -0.3 is 5.73 Å². The Morgan fingerprint density at radius 2 is 1.94 bits per heavy atom. The second-order valence-corrected chi connectivity index (χ2v) is 5.92. The van der Waals surface area contributed by atoms with E-state index in [0.717, 1.165) is 6.54 Å². The molecule has 3 unspecified atom stereocenters. The van der Waals surface area contributed by atoms with Crippen molar-refractivity contribution in [2.45, 2.75) is 46.2 Å². The molecule has 2 heteroatoms. The molecule has 1 aliphatic rings. The first-order chi connectivity index (χ1) is 8.49. The Balaban J connectivity index is 2.07. The van der Waals surface area contributed by atoms with Gasteiger partial charge in [-0.05, 0) is 63.3 Å². The highest BCUT2D eigenvalue weighted by molar-refractivity contribution is 5.31. The summed E-state index contributed by atoms with van der Waals surface area (Å²) < 4.78 is 0. The molecular weight excluding hydrogens is 220 g/mol. The fourth-order valence-electron chi connectivity index (χ4n) is 2.83. The lowest BCUT2D eigenvalue weighted by atomic mass is 10.0.